The van der Waals surface area contributed by atoms with E-state index in [4.69, 9.17) is 18.9 Å². The molecular formula is C41H39N7O9. The number of phenolic OH excluding ortho intramolecular Hbond substituents is 1. The molecule has 1 N–H and O–H groups in total. The second-order valence-corrected chi connectivity index (χ2v) is 14.3. The summed E-state index contributed by atoms with van der Waals surface area (Å²) >= 11 is 0. The molecule has 0 spiro atoms. The number of Topliss-reactive ketones (excluding diaryl/α,β-unsaturated/α-hetero) is 1. The SMILES string of the molecule is Cc1nc2cc(-c3nc4ccc([N+](=O)[O-])cc4o3)ccc2n1C1CCOCC1.Cc1nc2cc(C(=O)Cc3ccc([N+](=O)[O-])cc3O)ccc2n1C1CCOCC1. The number of aromatic hydroxyl groups is 1. The molecule has 2 fully saturated rings. The van der Waals surface area contributed by atoms with Crippen molar-refractivity contribution in [3.63, 3.8) is 0 Å². The number of ketones is 1. The summed E-state index contributed by atoms with van der Waals surface area (Å²) in [6, 6.07) is 20.3. The topological polar surface area (TPSA) is 204 Å². The normalized spacial score (nSPS) is 15.2. The Morgan fingerprint density at radius 3 is 1.88 bits per heavy atom. The number of ether oxygens (including phenoxy) is 2. The monoisotopic (exact) mass is 773 g/mol. The van der Waals surface area contributed by atoms with Crippen LogP contribution in [0.15, 0.2) is 77.2 Å². The predicted octanol–water partition coefficient (Wildman–Crippen LogP) is 8.15. The molecule has 0 unspecified atom stereocenters. The number of fused-ring (bicyclic) bond motifs is 3. The molecule has 2 aliphatic rings. The van der Waals surface area contributed by atoms with Gasteiger partial charge in [-0.15, -0.1) is 0 Å². The Morgan fingerprint density at radius 1 is 0.719 bits per heavy atom. The summed E-state index contributed by atoms with van der Waals surface area (Å²) in [5.74, 6) is 1.87. The number of aryl methyl sites for hydroxylation is 2. The van der Waals surface area contributed by atoms with Gasteiger partial charge in [-0.2, -0.15) is 0 Å². The van der Waals surface area contributed by atoms with E-state index >= 15 is 0 Å². The predicted molar refractivity (Wildman–Crippen MR) is 210 cm³/mol. The Morgan fingerprint density at radius 2 is 1.28 bits per heavy atom. The van der Waals surface area contributed by atoms with Gasteiger partial charge in [0.1, 0.15) is 22.9 Å². The molecular weight excluding hydrogens is 734 g/mol. The number of benzene rings is 4. The summed E-state index contributed by atoms with van der Waals surface area (Å²) < 4.78 is 21.2. The van der Waals surface area contributed by atoms with E-state index in [1.807, 2.05) is 38.1 Å². The minimum Gasteiger partial charge on any atom is -0.507 e. The molecule has 2 aliphatic heterocycles. The average molecular weight is 774 g/mol. The molecule has 57 heavy (non-hydrogen) atoms. The number of carbonyl (C=O) groups is 1. The van der Waals surface area contributed by atoms with Gasteiger partial charge >= 0.3 is 0 Å². The zero-order valence-electron chi connectivity index (χ0n) is 31.3. The minimum atomic E-state index is -0.587. The number of hydrogen-bond acceptors (Lipinski definition) is 12. The van der Waals surface area contributed by atoms with Gasteiger partial charge in [-0.3, -0.25) is 25.0 Å². The molecule has 9 rings (SSSR count). The fourth-order valence-electron chi connectivity index (χ4n) is 7.79. The number of carbonyl (C=O) groups excluding carboxylic acids is 1. The lowest BCUT2D eigenvalue weighted by molar-refractivity contribution is -0.385. The molecule has 7 aromatic rings. The van der Waals surface area contributed by atoms with Crippen molar-refractivity contribution in [1.29, 1.82) is 0 Å². The Bertz CT molecular complexity index is 2670. The Balaban J connectivity index is 0.000000160. The van der Waals surface area contributed by atoms with Gasteiger partial charge in [0.25, 0.3) is 11.4 Å². The van der Waals surface area contributed by atoms with Crippen LogP contribution in [0, 0.1) is 34.1 Å². The number of nitro benzene ring substituents is 2. The van der Waals surface area contributed by atoms with E-state index in [0.29, 0.717) is 40.2 Å². The van der Waals surface area contributed by atoms with Crippen molar-refractivity contribution in [2.75, 3.05) is 26.4 Å². The van der Waals surface area contributed by atoms with Crippen LogP contribution in [0.3, 0.4) is 0 Å². The Labute approximate surface area is 325 Å². The average Bonchev–Trinajstić information content (AvgIpc) is 3.90. The van der Waals surface area contributed by atoms with Crippen LogP contribution >= 0.6 is 0 Å². The highest BCUT2D eigenvalue weighted by molar-refractivity contribution is 6.00. The first kappa shape index (κ1) is 37.4. The highest BCUT2D eigenvalue weighted by Crippen LogP contribution is 2.33. The van der Waals surface area contributed by atoms with Crippen molar-refractivity contribution < 1.29 is 33.6 Å². The maximum atomic E-state index is 12.7. The number of hydrogen-bond donors (Lipinski definition) is 1. The lowest BCUT2D eigenvalue weighted by Gasteiger charge is -2.25. The smallest absolute Gasteiger partial charge is 0.273 e. The molecule has 2 saturated heterocycles. The van der Waals surface area contributed by atoms with E-state index in [1.165, 1.54) is 24.3 Å². The van der Waals surface area contributed by atoms with Crippen LogP contribution in [0.25, 0.3) is 44.6 Å². The molecule has 16 nitrogen and oxygen atoms in total. The third kappa shape index (κ3) is 7.56. The van der Waals surface area contributed by atoms with Gasteiger partial charge in [0.15, 0.2) is 11.4 Å². The number of rotatable bonds is 8. The van der Waals surface area contributed by atoms with Crippen LogP contribution in [0.1, 0.15) is 65.3 Å². The molecule has 4 aromatic carbocycles. The second-order valence-electron chi connectivity index (χ2n) is 14.3. The fourth-order valence-corrected chi connectivity index (χ4v) is 7.79. The molecule has 5 heterocycles. The second kappa shape index (κ2) is 15.5. The summed E-state index contributed by atoms with van der Waals surface area (Å²) in [5, 5.41) is 31.8. The molecule has 0 saturated carbocycles. The fraction of sp³-hybridized carbons (Fsp3) is 0.317. The van der Waals surface area contributed by atoms with E-state index in [0.717, 1.165) is 97.5 Å². The van der Waals surface area contributed by atoms with Crippen molar-refractivity contribution in [2.24, 2.45) is 0 Å². The van der Waals surface area contributed by atoms with E-state index in [1.54, 1.807) is 18.2 Å². The highest BCUT2D eigenvalue weighted by atomic mass is 16.6. The maximum absolute atomic E-state index is 12.7. The molecule has 0 amide bonds. The van der Waals surface area contributed by atoms with Crippen LogP contribution in [0.2, 0.25) is 0 Å². The van der Waals surface area contributed by atoms with Gasteiger partial charge < -0.3 is 28.1 Å². The third-order valence-corrected chi connectivity index (χ3v) is 10.6. The van der Waals surface area contributed by atoms with Crippen molar-refractivity contribution in [1.82, 2.24) is 24.1 Å². The van der Waals surface area contributed by atoms with Crippen LogP contribution in [0.5, 0.6) is 5.75 Å². The van der Waals surface area contributed by atoms with E-state index in [-0.39, 0.29) is 29.3 Å². The molecule has 0 bridgehead atoms. The number of aromatic nitrogens is 5. The van der Waals surface area contributed by atoms with Gasteiger partial charge in [0.2, 0.25) is 5.89 Å². The van der Waals surface area contributed by atoms with Crippen molar-refractivity contribution in [3.05, 3.63) is 116 Å². The van der Waals surface area contributed by atoms with Gasteiger partial charge in [-0.1, -0.05) is 0 Å². The summed E-state index contributed by atoms with van der Waals surface area (Å²) in [5.41, 5.74) is 6.11. The summed E-state index contributed by atoms with van der Waals surface area (Å²) in [6.07, 6.45) is 3.80. The van der Waals surface area contributed by atoms with Crippen molar-refractivity contribution in [2.45, 2.75) is 58.0 Å². The maximum Gasteiger partial charge on any atom is 0.273 e. The highest BCUT2D eigenvalue weighted by Gasteiger charge is 2.23. The third-order valence-electron chi connectivity index (χ3n) is 10.6. The van der Waals surface area contributed by atoms with Crippen LogP contribution < -0.4 is 0 Å². The first-order chi connectivity index (χ1) is 27.5. The summed E-state index contributed by atoms with van der Waals surface area (Å²) in [6.45, 7) is 7.01. The van der Waals surface area contributed by atoms with Crippen LogP contribution in [-0.4, -0.2) is 71.3 Å². The van der Waals surface area contributed by atoms with Gasteiger partial charge in [-0.05, 0) is 88.1 Å². The lowest BCUT2D eigenvalue weighted by atomic mass is 10.0. The molecule has 292 valence electrons. The number of oxazole rings is 1. The molecule has 0 radical (unpaired) electrons. The first-order valence-corrected chi connectivity index (χ1v) is 18.7. The van der Waals surface area contributed by atoms with Gasteiger partial charge in [-0.25, -0.2) is 15.0 Å². The Hall–Kier alpha value is -6.52. The Kier molecular flexibility index (Phi) is 10.2. The summed E-state index contributed by atoms with van der Waals surface area (Å²) in [4.78, 5) is 47.3. The summed E-state index contributed by atoms with van der Waals surface area (Å²) in [7, 11) is 0. The molecule has 16 heteroatoms. The van der Waals surface area contributed by atoms with E-state index < -0.39 is 9.85 Å². The lowest BCUT2D eigenvalue weighted by Crippen LogP contribution is -2.20. The van der Waals surface area contributed by atoms with Gasteiger partial charge in [0.05, 0.1) is 44.0 Å². The van der Waals surface area contributed by atoms with Gasteiger partial charge in [0, 0.05) is 73.8 Å². The number of imidazole rings is 2. The number of nitro groups is 2. The number of non-ortho nitro benzene ring substituents is 2. The van der Waals surface area contributed by atoms with Crippen molar-refractivity contribution >= 4 is 50.3 Å². The van der Waals surface area contributed by atoms with E-state index in [9.17, 15) is 30.1 Å². The molecule has 3 aromatic heterocycles. The largest absolute Gasteiger partial charge is 0.507 e. The standard InChI is InChI=1S/C21H21N3O5.C20H18N4O4/c1-13-22-18-10-14(3-5-19(18)23(13)16-6-8-29-9-7-16)20(25)11-15-2-4-17(24(27)28)12-21(15)26;1-12-21-17-10-13(2-5-18(17)23(12)14-6-8-27-9-7-14)20-22-16-4-3-15(24(25)26)11-19(16)28-20/h2-5,10,12,16,26H,6-9,11H2,1H3;2-5,10-11,14H,6-9H2,1H3. The van der Waals surface area contributed by atoms with Crippen LogP contribution in [-0.2, 0) is 15.9 Å². The minimum absolute atomic E-state index is 0.0171. The molecule has 0 atom stereocenters. The number of phenols is 1. The first-order valence-electron chi connectivity index (χ1n) is 18.7. The zero-order chi connectivity index (χ0) is 39.8. The van der Waals surface area contributed by atoms with Crippen molar-refractivity contribution in [3.8, 4) is 17.2 Å². The quantitative estimate of drug-likeness (QED) is 0.0883. The van der Waals surface area contributed by atoms with E-state index in [2.05, 4.69) is 19.1 Å². The zero-order valence-corrected chi connectivity index (χ0v) is 31.3. The number of nitrogens with zero attached hydrogens (tertiary/aromatic N) is 7. The molecule has 0 aliphatic carbocycles. The van der Waals surface area contributed by atoms with Crippen LogP contribution in [0.4, 0.5) is 11.4 Å².